The van der Waals surface area contributed by atoms with Crippen LogP contribution in [0.3, 0.4) is 0 Å². The molecule has 0 unspecified atom stereocenters. The SMILES string of the molecule is COC(=O)c1cc(F)c(NCCCNCCCCNCCCN)cc1NC(=O)OCc1c(Cl)cccc1Cl. The van der Waals surface area contributed by atoms with Crippen molar-refractivity contribution in [2.45, 2.75) is 32.3 Å². The number of ether oxygens (including phenoxy) is 2. The first-order chi connectivity index (χ1) is 18.4. The Morgan fingerprint density at radius 2 is 1.55 bits per heavy atom. The molecule has 0 saturated carbocycles. The maximum atomic E-state index is 14.7. The maximum Gasteiger partial charge on any atom is 0.411 e. The van der Waals surface area contributed by atoms with Crippen molar-refractivity contribution in [2.24, 2.45) is 5.73 Å². The quantitative estimate of drug-likeness (QED) is 0.136. The number of halogens is 3. The first kappa shape index (κ1) is 31.6. The third-order valence-electron chi connectivity index (χ3n) is 5.52. The van der Waals surface area contributed by atoms with Gasteiger partial charge in [0, 0.05) is 22.2 Å². The molecule has 2 rings (SSSR count). The molecule has 0 fully saturated rings. The first-order valence-corrected chi connectivity index (χ1v) is 13.3. The molecule has 0 spiro atoms. The van der Waals surface area contributed by atoms with E-state index in [0.717, 1.165) is 57.9 Å². The number of nitrogens with two attached hydrogens (primary N) is 1. The van der Waals surface area contributed by atoms with Gasteiger partial charge in [0.05, 0.1) is 24.0 Å². The van der Waals surface area contributed by atoms with Crippen LogP contribution in [0.2, 0.25) is 10.0 Å². The molecule has 0 saturated heterocycles. The predicted molar refractivity (Wildman–Crippen MR) is 150 cm³/mol. The highest BCUT2D eigenvalue weighted by Gasteiger charge is 2.19. The summed E-state index contributed by atoms with van der Waals surface area (Å²) in [5.41, 5.74) is 5.91. The van der Waals surface area contributed by atoms with Crippen molar-refractivity contribution in [3.8, 4) is 0 Å². The van der Waals surface area contributed by atoms with Gasteiger partial charge in [-0.1, -0.05) is 29.3 Å². The second-order valence-corrected chi connectivity index (χ2v) is 9.21. The van der Waals surface area contributed by atoms with Crippen LogP contribution >= 0.6 is 23.2 Å². The minimum atomic E-state index is -0.873. The molecule has 0 radical (unpaired) electrons. The van der Waals surface area contributed by atoms with E-state index >= 15 is 0 Å². The third kappa shape index (κ3) is 11.0. The normalized spacial score (nSPS) is 10.8. The summed E-state index contributed by atoms with van der Waals surface area (Å²) < 4.78 is 24.6. The summed E-state index contributed by atoms with van der Waals surface area (Å²) in [6.45, 7) is 4.57. The fourth-order valence-electron chi connectivity index (χ4n) is 3.46. The van der Waals surface area contributed by atoms with E-state index in [9.17, 15) is 14.0 Å². The van der Waals surface area contributed by atoms with Gasteiger partial charge in [0.15, 0.2) is 0 Å². The van der Waals surface area contributed by atoms with Gasteiger partial charge in [-0.05, 0) is 82.7 Å². The maximum absolute atomic E-state index is 14.7. The number of amides is 1. The number of methoxy groups -OCH3 is 1. The van der Waals surface area contributed by atoms with E-state index in [0.29, 0.717) is 28.7 Å². The molecule has 0 atom stereocenters. The van der Waals surface area contributed by atoms with Crippen LogP contribution in [0.15, 0.2) is 30.3 Å². The molecule has 6 N–H and O–H groups in total. The van der Waals surface area contributed by atoms with Crippen LogP contribution in [0.1, 0.15) is 41.6 Å². The van der Waals surface area contributed by atoms with Gasteiger partial charge in [-0.2, -0.15) is 0 Å². The molecule has 12 heteroatoms. The van der Waals surface area contributed by atoms with E-state index in [1.165, 1.54) is 13.2 Å². The number of hydrogen-bond donors (Lipinski definition) is 5. The fraction of sp³-hybridized carbons (Fsp3) is 0.462. The average molecular weight is 573 g/mol. The zero-order valence-corrected chi connectivity index (χ0v) is 23.0. The Hall–Kier alpha value is -2.63. The number of rotatable bonds is 17. The first-order valence-electron chi connectivity index (χ1n) is 12.5. The van der Waals surface area contributed by atoms with Crippen molar-refractivity contribution in [1.82, 2.24) is 10.6 Å². The number of carbonyl (C=O) groups is 2. The van der Waals surface area contributed by atoms with E-state index in [1.807, 2.05) is 0 Å². The van der Waals surface area contributed by atoms with Gasteiger partial charge in [-0.3, -0.25) is 5.32 Å². The Morgan fingerprint density at radius 3 is 2.18 bits per heavy atom. The van der Waals surface area contributed by atoms with Crippen LogP contribution in [-0.4, -0.2) is 58.4 Å². The lowest BCUT2D eigenvalue weighted by Gasteiger charge is -2.15. The lowest BCUT2D eigenvalue weighted by atomic mass is 10.1. The van der Waals surface area contributed by atoms with Crippen LogP contribution in [-0.2, 0) is 16.1 Å². The molecular weight excluding hydrogens is 536 g/mol. The number of unbranched alkanes of at least 4 members (excludes halogenated alkanes) is 1. The molecule has 0 bridgehead atoms. The molecule has 0 heterocycles. The lowest BCUT2D eigenvalue weighted by Crippen LogP contribution is -2.22. The molecule has 0 aliphatic rings. The highest BCUT2D eigenvalue weighted by molar-refractivity contribution is 6.35. The van der Waals surface area contributed by atoms with Crippen molar-refractivity contribution in [2.75, 3.05) is 57.0 Å². The molecule has 0 aromatic heterocycles. The fourth-order valence-corrected chi connectivity index (χ4v) is 3.97. The van der Waals surface area contributed by atoms with Crippen molar-refractivity contribution >= 4 is 46.6 Å². The van der Waals surface area contributed by atoms with E-state index in [4.69, 9.17) is 38.4 Å². The Balaban J connectivity index is 1.85. The minimum absolute atomic E-state index is 0.0363. The Bertz CT molecular complexity index is 1020. The molecule has 210 valence electrons. The van der Waals surface area contributed by atoms with E-state index in [1.54, 1.807) is 18.2 Å². The van der Waals surface area contributed by atoms with Crippen molar-refractivity contribution < 1.29 is 23.5 Å². The number of carbonyl (C=O) groups excluding carboxylic acids is 2. The van der Waals surface area contributed by atoms with E-state index in [-0.39, 0.29) is 23.5 Å². The summed E-state index contributed by atoms with van der Waals surface area (Å²) in [5, 5.41) is 12.9. The van der Waals surface area contributed by atoms with Crippen molar-refractivity contribution in [3.63, 3.8) is 0 Å². The molecule has 9 nitrogen and oxygen atoms in total. The Labute approximate surface area is 232 Å². The summed E-state index contributed by atoms with van der Waals surface area (Å²) in [6.07, 6.45) is 2.99. The summed E-state index contributed by atoms with van der Waals surface area (Å²) in [6, 6.07) is 7.25. The average Bonchev–Trinajstić information content (AvgIpc) is 2.90. The Morgan fingerprint density at radius 1 is 0.921 bits per heavy atom. The summed E-state index contributed by atoms with van der Waals surface area (Å²) in [4.78, 5) is 24.6. The molecule has 2 aromatic rings. The number of esters is 1. The minimum Gasteiger partial charge on any atom is -0.465 e. The van der Waals surface area contributed by atoms with Gasteiger partial charge in [0.1, 0.15) is 12.4 Å². The number of hydrogen-bond acceptors (Lipinski definition) is 8. The highest BCUT2D eigenvalue weighted by Crippen LogP contribution is 2.27. The predicted octanol–water partition coefficient (Wildman–Crippen LogP) is 4.78. The van der Waals surface area contributed by atoms with Gasteiger partial charge in [0.25, 0.3) is 0 Å². The van der Waals surface area contributed by atoms with Crippen molar-refractivity contribution in [3.05, 3.63) is 57.3 Å². The van der Waals surface area contributed by atoms with Crippen LogP contribution in [0, 0.1) is 5.82 Å². The van der Waals surface area contributed by atoms with E-state index < -0.39 is 17.9 Å². The summed E-state index contributed by atoms with van der Waals surface area (Å²) >= 11 is 12.2. The van der Waals surface area contributed by atoms with Gasteiger partial charge in [0.2, 0.25) is 0 Å². The Kier molecular flexibility index (Phi) is 14.8. The van der Waals surface area contributed by atoms with Crippen LogP contribution in [0.25, 0.3) is 0 Å². The van der Waals surface area contributed by atoms with Crippen LogP contribution in [0.5, 0.6) is 0 Å². The zero-order valence-electron chi connectivity index (χ0n) is 21.5. The van der Waals surface area contributed by atoms with Crippen molar-refractivity contribution in [1.29, 1.82) is 0 Å². The third-order valence-corrected chi connectivity index (χ3v) is 6.23. The number of nitrogens with one attached hydrogen (secondary N) is 4. The molecule has 0 aliphatic heterocycles. The molecule has 1 amide bonds. The zero-order chi connectivity index (χ0) is 27.8. The smallest absolute Gasteiger partial charge is 0.411 e. The summed E-state index contributed by atoms with van der Waals surface area (Å²) in [7, 11) is 1.17. The lowest BCUT2D eigenvalue weighted by molar-refractivity contribution is 0.0601. The standard InChI is InChI=1S/C26H36Cl2FN5O4/c1-37-25(35)18-15-22(29)24(33-14-6-13-32-11-3-2-10-31-12-5-9-30)16-23(18)34-26(36)38-17-19-20(27)7-4-8-21(19)28/h4,7-8,15-16,31-33H,2-3,5-6,9-14,17,30H2,1H3,(H,34,36). The van der Waals surface area contributed by atoms with Gasteiger partial charge in [-0.25, -0.2) is 14.0 Å². The number of anilines is 2. The topological polar surface area (TPSA) is 127 Å². The molecule has 2 aromatic carbocycles. The van der Waals surface area contributed by atoms with Crippen LogP contribution < -0.4 is 27.0 Å². The van der Waals surface area contributed by atoms with Gasteiger partial charge < -0.3 is 31.2 Å². The number of benzene rings is 2. The summed E-state index contributed by atoms with van der Waals surface area (Å²) in [5.74, 6) is -1.46. The van der Waals surface area contributed by atoms with Gasteiger partial charge in [-0.15, -0.1) is 0 Å². The molecular formula is C26H36Cl2FN5O4. The van der Waals surface area contributed by atoms with E-state index in [2.05, 4.69) is 21.3 Å². The largest absolute Gasteiger partial charge is 0.465 e. The van der Waals surface area contributed by atoms with Crippen LogP contribution in [0.4, 0.5) is 20.6 Å². The second-order valence-electron chi connectivity index (χ2n) is 8.40. The molecule has 0 aliphatic carbocycles. The second kappa shape index (κ2) is 17.8. The molecule has 38 heavy (non-hydrogen) atoms. The monoisotopic (exact) mass is 571 g/mol. The van der Waals surface area contributed by atoms with Gasteiger partial charge >= 0.3 is 12.1 Å². The highest BCUT2D eigenvalue weighted by atomic mass is 35.5.